The van der Waals surface area contributed by atoms with Crippen molar-refractivity contribution in [3.05, 3.63) is 0 Å². The molecule has 0 aromatic heterocycles. The van der Waals surface area contributed by atoms with Crippen LogP contribution in [0.2, 0.25) is 0 Å². The maximum atomic E-state index is 12.2. The quantitative estimate of drug-likeness (QED) is 0.731. The van der Waals surface area contributed by atoms with E-state index >= 15 is 0 Å². The molecule has 1 amide bonds. The van der Waals surface area contributed by atoms with Crippen LogP contribution >= 0.6 is 0 Å². The van der Waals surface area contributed by atoms with E-state index in [1.54, 1.807) is 0 Å². The topological polar surface area (TPSA) is 23.6 Å². The summed E-state index contributed by atoms with van der Waals surface area (Å²) in [4.78, 5) is 16.8. The second kappa shape index (κ2) is 5.85. The molecule has 1 saturated heterocycles. The molecule has 0 radical (unpaired) electrons. The highest BCUT2D eigenvalue weighted by molar-refractivity contribution is 5.78. The molecule has 0 spiro atoms. The van der Waals surface area contributed by atoms with Crippen LogP contribution in [0.1, 0.15) is 39.5 Å². The van der Waals surface area contributed by atoms with E-state index < -0.39 is 0 Å². The van der Waals surface area contributed by atoms with E-state index in [-0.39, 0.29) is 5.92 Å². The summed E-state index contributed by atoms with van der Waals surface area (Å²) in [7, 11) is 0. The zero-order valence-corrected chi connectivity index (χ0v) is 11.3. The van der Waals surface area contributed by atoms with Gasteiger partial charge in [0.2, 0.25) is 5.91 Å². The van der Waals surface area contributed by atoms with Crippen LogP contribution in [-0.2, 0) is 4.79 Å². The summed E-state index contributed by atoms with van der Waals surface area (Å²) >= 11 is 0. The minimum atomic E-state index is 0.255. The predicted molar refractivity (Wildman–Crippen MR) is 69.8 cm³/mol. The van der Waals surface area contributed by atoms with Gasteiger partial charge in [-0.15, -0.1) is 0 Å². The lowest BCUT2D eigenvalue weighted by molar-refractivity contribution is -0.137. The van der Waals surface area contributed by atoms with Gasteiger partial charge in [0, 0.05) is 38.6 Å². The van der Waals surface area contributed by atoms with E-state index in [9.17, 15) is 4.79 Å². The molecule has 1 aliphatic carbocycles. The van der Waals surface area contributed by atoms with Crippen LogP contribution in [0.5, 0.6) is 0 Å². The van der Waals surface area contributed by atoms with Crippen LogP contribution in [0.4, 0.5) is 0 Å². The fraction of sp³-hybridized carbons (Fsp3) is 0.929. The summed E-state index contributed by atoms with van der Waals surface area (Å²) in [5.41, 5.74) is 0. The molecule has 3 heteroatoms. The largest absolute Gasteiger partial charge is 0.340 e. The van der Waals surface area contributed by atoms with E-state index in [2.05, 4.69) is 23.6 Å². The summed E-state index contributed by atoms with van der Waals surface area (Å²) in [5, 5.41) is 0. The van der Waals surface area contributed by atoms with Gasteiger partial charge in [-0.2, -0.15) is 0 Å². The van der Waals surface area contributed by atoms with Crippen LogP contribution < -0.4 is 0 Å². The highest BCUT2D eigenvalue weighted by Gasteiger charge is 2.29. The van der Waals surface area contributed by atoms with Crippen molar-refractivity contribution in [3.8, 4) is 0 Å². The molecule has 0 atom stereocenters. The van der Waals surface area contributed by atoms with Crippen molar-refractivity contribution in [2.24, 2.45) is 11.8 Å². The molecule has 2 rings (SSSR count). The maximum Gasteiger partial charge on any atom is 0.225 e. The second-order valence-corrected chi connectivity index (χ2v) is 5.58. The molecule has 0 unspecified atom stereocenters. The monoisotopic (exact) mass is 238 g/mol. The minimum Gasteiger partial charge on any atom is -0.340 e. The Hall–Kier alpha value is -0.570. The third-order valence-electron chi connectivity index (χ3n) is 4.23. The van der Waals surface area contributed by atoms with Gasteiger partial charge in [-0.05, 0) is 31.6 Å². The van der Waals surface area contributed by atoms with Crippen LogP contribution in [0.15, 0.2) is 0 Å². The molecule has 2 fully saturated rings. The van der Waals surface area contributed by atoms with Crippen LogP contribution in [-0.4, -0.2) is 48.4 Å². The fourth-order valence-electron chi connectivity index (χ4n) is 2.71. The first-order chi connectivity index (χ1) is 8.24. The summed E-state index contributed by atoms with van der Waals surface area (Å²) in [6.07, 6.45) is 4.81. The van der Waals surface area contributed by atoms with Gasteiger partial charge in [0.1, 0.15) is 0 Å². The van der Waals surface area contributed by atoms with Gasteiger partial charge < -0.3 is 4.90 Å². The normalized spacial score (nSPS) is 22.2. The van der Waals surface area contributed by atoms with Crippen LogP contribution in [0.25, 0.3) is 0 Å². The van der Waals surface area contributed by atoms with Gasteiger partial charge in [0.15, 0.2) is 0 Å². The predicted octanol–water partition coefficient (Wildman–Crippen LogP) is 1.98. The van der Waals surface area contributed by atoms with Crippen molar-refractivity contribution in [2.75, 3.05) is 32.7 Å². The van der Waals surface area contributed by atoms with Crippen LogP contribution in [0, 0.1) is 11.8 Å². The molecule has 3 nitrogen and oxygen atoms in total. The van der Waals surface area contributed by atoms with Crippen molar-refractivity contribution in [1.82, 2.24) is 9.80 Å². The summed E-state index contributed by atoms with van der Waals surface area (Å²) in [6.45, 7) is 9.58. The number of hydrogen-bond donors (Lipinski definition) is 0. The number of carbonyl (C=O) groups excluding carboxylic acids is 1. The summed E-state index contributed by atoms with van der Waals surface area (Å²) in [5.74, 6) is 1.61. The van der Waals surface area contributed by atoms with E-state index in [0.717, 1.165) is 44.9 Å². The Morgan fingerprint density at radius 3 is 2.18 bits per heavy atom. The smallest absolute Gasteiger partial charge is 0.225 e. The number of hydrogen-bond acceptors (Lipinski definition) is 2. The fourth-order valence-corrected chi connectivity index (χ4v) is 2.71. The molecule has 0 bridgehead atoms. The Labute approximate surface area is 105 Å². The molecular weight excluding hydrogens is 212 g/mol. The number of amides is 1. The Balaban J connectivity index is 1.75. The molecule has 0 aromatic carbocycles. The molecule has 1 aliphatic heterocycles. The van der Waals surface area contributed by atoms with Gasteiger partial charge in [0.05, 0.1) is 0 Å². The van der Waals surface area contributed by atoms with Gasteiger partial charge in [-0.1, -0.05) is 13.8 Å². The Morgan fingerprint density at radius 1 is 1.12 bits per heavy atom. The zero-order valence-electron chi connectivity index (χ0n) is 11.3. The van der Waals surface area contributed by atoms with Crippen molar-refractivity contribution >= 4 is 5.91 Å². The Bertz CT molecular complexity index is 251. The lowest BCUT2D eigenvalue weighted by Gasteiger charge is -2.36. The number of carbonyl (C=O) groups is 1. The van der Waals surface area contributed by atoms with Crippen molar-refractivity contribution in [3.63, 3.8) is 0 Å². The molecule has 0 aromatic rings. The number of nitrogens with zero attached hydrogens (tertiary/aromatic N) is 2. The molecule has 1 saturated carbocycles. The third-order valence-corrected chi connectivity index (χ3v) is 4.23. The van der Waals surface area contributed by atoms with E-state index in [1.807, 2.05) is 0 Å². The van der Waals surface area contributed by atoms with Crippen molar-refractivity contribution in [2.45, 2.75) is 39.5 Å². The van der Waals surface area contributed by atoms with Crippen molar-refractivity contribution < 1.29 is 4.79 Å². The Morgan fingerprint density at radius 2 is 1.71 bits per heavy atom. The summed E-state index contributed by atoms with van der Waals surface area (Å²) < 4.78 is 0. The first kappa shape index (κ1) is 12.9. The molecule has 1 heterocycles. The maximum absolute atomic E-state index is 12.2. The Kier molecular flexibility index (Phi) is 4.43. The average molecular weight is 238 g/mol. The zero-order chi connectivity index (χ0) is 12.3. The first-order valence-electron chi connectivity index (χ1n) is 7.25. The van der Waals surface area contributed by atoms with Gasteiger partial charge >= 0.3 is 0 Å². The van der Waals surface area contributed by atoms with E-state index in [4.69, 9.17) is 0 Å². The van der Waals surface area contributed by atoms with E-state index in [0.29, 0.717) is 5.91 Å². The second-order valence-electron chi connectivity index (χ2n) is 5.58. The van der Waals surface area contributed by atoms with Gasteiger partial charge in [-0.3, -0.25) is 9.69 Å². The molecule has 98 valence electrons. The molecule has 0 N–H and O–H groups in total. The molecule has 17 heavy (non-hydrogen) atoms. The van der Waals surface area contributed by atoms with E-state index in [1.165, 1.54) is 19.4 Å². The third kappa shape index (κ3) is 3.44. The van der Waals surface area contributed by atoms with Gasteiger partial charge in [0.25, 0.3) is 0 Å². The lowest BCUT2D eigenvalue weighted by Crippen LogP contribution is -2.50. The minimum absolute atomic E-state index is 0.255. The standard InChI is InChI=1S/C14H26N2O/c1-3-13(4-2)14(17)16-9-7-15(8-10-16)11-12-5-6-12/h12-13H,3-11H2,1-2H3. The van der Waals surface area contributed by atoms with Gasteiger partial charge in [-0.25, -0.2) is 0 Å². The lowest BCUT2D eigenvalue weighted by atomic mass is 10.0. The van der Waals surface area contributed by atoms with Crippen molar-refractivity contribution in [1.29, 1.82) is 0 Å². The highest BCUT2D eigenvalue weighted by atomic mass is 16.2. The summed E-state index contributed by atoms with van der Waals surface area (Å²) in [6, 6.07) is 0. The number of piperazine rings is 1. The SMILES string of the molecule is CCC(CC)C(=O)N1CCN(CC2CC2)CC1. The number of rotatable bonds is 5. The van der Waals surface area contributed by atoms with Crippen LogP contribution in [0.3, 0.4) is 0 Å². The first-order valence-corrected chi connectivity index (χ1v) is 7.25. The molecule has 2 aliphatic rings. The average Bonchev–Trinajstić information content (AvgIpc) is 3.15. The molecular formula is C14H26N2O. The highest BCUT2D eigenvalue weighted by Crippen LogP contribution is 2.30.